The molecule has 0 atom stereocenters. The minimum Gasteiger partial charge on any atom is -0.392 e. The van der Waals surface area contributed by atoms with Crippen molar-refractivity contribution >= 4 is 17.3 Å². The Balaban J connectivity index is 3.17. The van der Waals surface area contributed by atoms with Gasteiger partial charge in [-0.2, -0.15) is 0 Å². The van der Waals surface area contributed by atoms with Crippen LogP contribution < -0.4 is 10.2 Å². The molecule has 2 N–H and O–H groups in total. The van der Waals surface area contributed by atoms with E-state index in [1.54, 1.807) is 17.0 Å². The number of anilines is 1. The summed E-state index contributed by atoms with van der Waals surface area (Å²) in [7, 11) is 1.52. The van der Waals surface area contributed by atoms with Crippen LogP contribution in [0, 0.1) is 10.1 Å². The maximum absolute atomic E-state index is 11.5. The van der Waals surface area contributed by atoms with Crippen LogP contribution in [0.15, 0.2) is 18.2 Å². The second-order valence-corrected chi connectivity index (χ2v) is 4.33. The van der Waals surface area contributed by atoms with Crippen LogP contribution >= 0.6 is 0 Å². The zero-order valence-corrected chi connectivity index (χ0v) is 11.6. The summed E-state index contributed by atoms with van der Waals surface area (Å²) in [5.74, 6) is -0.209. The van der Waals surface area contributed by atoms with Gasteiger partial charge in [-0.1, -0.05) is 13.0 Å². The van der Waals surface area contributed by atoms with Crippen molar-refractivity contribution in [3.05, 3.63) is 33.9 Å². The summed E-state index contributed by atoms with van der Waals surface area (Å²) in [5.41, 5.74) is 0.753. The normalized spacial score (nSPS) is 10.2. The van der Waals surface area contributed by atoms with Crippen molar-refractivity contribution < 1.29 is 14.8 Å². The van der Waals surface area contributed by atoms with Gasteiger partial charge in [0.2, 0.25) is 5.91 Å². The summed E-state index contributed by atoms with van der Waals surface area (Å²) in [4.78, 5) is 23.8. The number of amides is 1. The highest BCUT2D eigenvalue weighted by Gasteiger charge is 2.21. The quantitative estimate of drug-likeness (QED) is 0.575. The molecule has 0 saturated carbocycles. The fraction of sp³-hybridized carbons (Fsp3) is 0.462. The first-order valence-electron chi connectivity index (χ1n) is 6.37. The molecule has 0 aliphatic rings. The lowest BCUT2D eigenvalue weighted by atomic mass is 10.1. The van der Waals surface area contributed by atoms with Gasteiger partial charge in [0.25, 0.3) is 5.69 Å². The minimum absolute atomic E-state index is 0.0592. The molecular weight excluding hydrogens is 262 g/mol. The van der Waals surface area contributed by atoms with Gasteiger partial charge < -0.3 is 15.3 Å². The van der Waals surface area contributed by atoms with Crippen LogP contribution in [-0.4, -0.2) is 36.1 Å². The van der Waals surface area contributed by atoms with Crippen molar-refractivity contribution in [1.29, 1.82) is 0 Å². The number of benzene rings is 1. The second kappa shape index (κ2) is 7.44. The van der Waals surface area contributed by atoms with Crippen molar-refractivity contribution in [1.82, 2.24) is 5.32 Å². The number of nitro groups is 1. The van der Waals surface area contributed by atoms with E-state index in [0.717, 1.165) is 6.42 Å². The third-order valence-electron chi connectivity index (χ3n) is 2.87. The summed E-state index contributed by atoms with van der Waals surface area (Å²) in [6.07, 6.45) is 0.760. The first-order valence-corrected chi connectivity index (χ1v) is 6.37. The summed E-state index contributed by atoms with van der Waals surface area (Å²) in [6, 6.07) is 4.53. The lowest BCUT2D eigenvalue weighted by Gasteiger charge is -2.23. The summed E-state index contributed by atoms with van der Waals surface area (Å²) in [5, 5.41) is 22.7. The smallest absolute Gasteiger partial charge is 0.292 e. The van der Waals surface area contributed by atoms with E-state index in [9.17, 15) is 14.9 Å². The van der Waals surface area contributed by atoms with Gasteiger partial charge in [-0.25, -0.2) is 0 Å². The van der Waals surface area contributed by atoms with Gasteiger partial charge >= 0.3 is 0 Å². The molecule has 0 aliphatic carbocycles. The van der Waals surface area contributed by atoms with E-state index in [4.69, 9.17) is 5.11 Å². The van der Waals surface area contributed by atoms with Crippen LogP contribution in [0.3, 0.4) is 0 Å². The molecule has 0 spiro atoms. The van der Waals surface area contributed by atoms with Crippen LogP contribution in [0.25, 0.3) is 0 Å². The highest BCUT2D eigenvalue weighted by Crippen LogP contribution is 2.29. The molecule has 1 aromatic carbocycles. The molecule has 1 rings (SSSR count). The number of rotatable bonds is 7. The predicted octanol–water partition coefficient (Wildman–Crippen LogP) is 1.05. The molecule has 0 aromatic heterocycles. The Morgan fingerprint density at radius 1 is 1.50 bits per heavy atom. The fourth-order valence-corrected chi connectivity index (χ4v) is 1.89. The van der Waals surface area contributed by atoms with Crippen LogP contribution in [-0.2, 0) is 11.4 Å². The van der Waals surface area contributed by atoms with Gasteiger partial charge in [0, 0.05) is 19.7 Å². The second-order valence-electron chi connectivity index (χ2n) is 4.33. The van der Waals surface area contributed by atoms with Crippen LogP contribution in [0.5, 0.6) is 0 Å². The van der Waals surface area contributed by atoms with Crippen molar-refractivity contribution in [2.45, 2.75) is 20.0 Å². The van der Waals surface area contributed by atoms with E-state index in [0.29, 0.717) is 17.8 Å². The van der Waals surface area contributed by atoms with Gasteiger partial charge in [0.1, 0.15) is 5.69 Å². The number of nitrogens with one attached hydrogen (secondary N) is 1. The molecule has 0 bridgehead atoms. The number of aliphatic hydroxyl groups is 1. The van der Waals surface area contributed by atoms with Crippen molar-refractivity contribution in [3.8, 4) is 0 Å². The first-order chi connectivity index (χ1) is 9.53. The van der Waals surface area contributed by atoms with Crippen LogP contribution in [0.4, 0.5) is 11.4 Å². The summed E-state index contributed by atoms with van der Waals surface area (Å²) >= 11 is 0. The Morgan fingerprint density at radius 3 is 2.70 bits per heavy atom. The highest BCUT2D eigenvalue weighted by atomic mass is 16.6. The Labute approximate surface area is 117 Å². The maximum atomic E-state index is 11.5. The zero-order chi connectivity index (χ0) is 15.1. The van der Waals surface area contributed by atoms with Gasteiger partial charge in [0.05, 0.1) is 18.1 Å². The Kier molecular flexibility index (Phi) is 5.92. The number of carbonyl (C=O) groups is 1. The fourth-order valence-electron chi connectivity index (χ4n) is 1.89. The third kappa shape index (κ3) is 3.92. The number of hydrogen-bond donors (Lipinski definition) is 2. The van der Waals surface area contributed by atoms with Gasteiger partial charge in [0.15, 0.2) is 0 Å². The first kappa shape index (κ1) is 15.9. The summed E-state index contributed by atoms with van der Waals surface area (Å²) < 4.78 is 0. The number of nitro benzene ring substituents is 1. The molecule has 0 radical (unpaired) electrons. The number of aliphatic hydroxyl groups excluding tert-OH is 1. The van der Waals surface area contributed by atoms with E-state index >= 15 is 0 Å². The zero-order valence-electron chi connectivity index (χ0n) is 11.6. The van der Waals surface area contributed by atoms with Gasteiger partial charge in [-0.05, 0) is 18.1 Å². The highest BCUT2D eigenvalue weighted by molar-refractivity contribution is 5.82. The van der Waals surface area contributed by atoms with Crippen LogP contribution in [0.1, 0.15) is 18.9 Å². The van der Waals surface area contributed by atoms with Crippen LogP contribution in [0.2, 0.25) is 0 Å². The minimum atomic E-state index is -0.499. The summed E-state index contributed by atoms with van der Waals surface area (Å²) in [6.45, 7) is 2.27. The van der Waals surface area contributed by atoms with E-state index < -0.39 is 4.92 Å². The molecule has 0 saturated heterocycles. The van der Waals surface area contributed by atoms with E-state index in [-0.39, 0.29) is 24.7 Å². The largest absolute Gasteiger partial charge is 0.392 e. The number of likely N-dealkylation sites (N-methyl/N-ethyl adjacent to an activating group) is 1. The standard InChI is InChI=1S/C13H19N3O4/c1-3-6-15(8-13(18)14-2)11-5-4-10(9-17)7-12(11)16(19)20/h4-5,7,17H,3,6,8-9H2,1-2H3,(H,14,18). The molecule has 7 heteroatoms. The molecular formula is C13H19N3O4. The van der Waals surface area contributed by atoms with E-state index in [2.05, 4.69) is 5.32 Å². The lowest BCUT2D eigenvalue weighted by Crippen LogP contribution is -2.36. The van der Waals surface area contributed by atoms with E-state index in [1.165, 1.54) is 13.1 Å². The lowest BCUT2D eigenvalue weighted by molar-refractivity contribution is -0.384. The molecule has 1 aromatic rings. The maximum Gasteiger partial charge on any atom is 0.292 e. The number of hydrogen-bond acceptors (Lipinski definition) is 5. The van der Waals surface area contributed by atoms with Gasteiger partial charge in [-0.3, -0.25) is 14.9 Å². The number of nitrogens with zero attached hydrogens (tertiary/aromatic N) is 2. The predicted molar refractivity (Wildman–Crippen MR) is 75.6 cm³/mol. The molecule has 1 amide bonds. The van der Waals surface area contributed by atoms with Crippen molar-refractivity contribution in [2.24, 2.45) is 0 Å². The average Bonchev–Trinajstić information content (AvgIpc) is 2.45. The molecule has 7 nitrogen and oxygen atoms in total. The monoisotopic (exact) mass is 281 g/mol. The van der Waals surface area contributed by atoms with Gasteiger partial charge in [-0.15, -0.1) is 0 Å². The SMILES string of the molecule is CCCN(CC(=O)NC)c1ccc(CO)cc1[N+](=O)[O-]. The van der Waals surface area contributed by atoms with Crippen molar-refractivity contribution in [2.75, 3.05) is 25.0 Å². The molecule has 0 fully saturated rings. The molecule has 20 heavy (non-hydrogen) atoms. The molecule has 0 heterocycles. The topological polar surface area (TPSA) is 95.7 Å². The number of carbonyl (C=O) groups excluding carboxylic acids is 1. The Morgan fingerprint density at radius 2 is 2.20 bits per heavy atom. The molecule has 110 valence electrons. The Hall–Kier alpha value is -2.15. The van der Waals surface area contributed by atoms with E-state index in [1.807, 2.05) is 6.92 Å². The molecule has 0 unspecified atom stereocenters. The molecule has 0 aliphatic heterocycles. The third-order valence-corrected chi connectivity index (χ3v) is 2.87. The average molecular weight is 281 g/mol. The van der Waals surface area contributed by atoms with Crippen molar-refractivity contribution in [3.63, 3.8) is 0 Å². The Bertz CT molecular complexity index is 491.